The van der Waals surface area contributed by atoms with Crippen molar-refractivity contribution in [3.05, 3.63) is 34.9 Å². The van der Waals surface area contributed by atoms with Crippen molar-refractivity contribution in [3.8, 4) is 0 Å². The average molecular weight is 279 g/mol. The highest BCUT2D eigenvalue weighted by Crippen LogP contribution is 2.16. The summed E-state index contributed by atoms with van der Waals surface area (Å²) >= 11 is 0. The summed E-state index contributed by atoms with van der Waals surface area (Å²) in [5.74, 6) is 0. The molecule has 0 fully saturated rings. The number of carbonyl (C=O) groups is 1. The molecule has 0 atom stereocenters. The van der Waals surface area contributed by atoms with Crippen molar-refractivity contribution in [2.75, 3.05) is 0 Å². The molecule has 0 spiro atoms. The molecule has 0 aliphatic carbocycles. The maximum atomic E-state index is 12.6. The second kappa shape index (κ2) is 6.98. The fraction of sp³-hybridized carbons (Fsp3) is 0.533. The third-order valence-corrected chi connectivity index (χ3v) is 4.73. The summed E-state index contributed by atoms with van der Waals surface area (Å²) in [5, 5.41) is -0.00593. The Morgan fingerprint density at radius 2 is 1.58 bits per heavy atom. The quantitative estimate of drug-likeness (QED) is 0.749. The minimum atomic E-state index is -1.95. The predicted molar refractivity (Wildman–Crippen MR) is 78.4 cm³/mol. The van der Waals surface area contributed by atoms with E-state index in [1.807, 2.05) is 59.7 Å². The molecule has 0 bridgehead atoms. The molecule has 1 aromatic rings. The number of rotatable bonds is 6. The summed E-state index contributed by atoms with van der Waals surface area (Å²) in [6.45, 7) is 11.7. The van der Waals surface area contributed by atoms with Gasteiger partial charge in [0.1, 0.15) is 0 Å². The van der Waals surface area contributed by atoms with Gasteiger partial charge in [-0.25, -0.2) is 0 Å². The van der Waals surface area contributed by atoms with Crippen LogP contribution in [0.5, 0.6) is 0 Å². The number of benzene rings is 1. The van der Waals surface area contributed by atoms with Crippen molar-refractivity contribution in [1.29, 1.82) is 0 Å². The Balaban J connectivity index is 3.01. The molecule has 1 aromatic carbocycles. The standard InChI is InChI=1S/C15H23O3Si/c1-10(2)17-19(18-11(3)4)15(16)14-9-7-8-12(5)13(14)6/h7-11H,1-6H3. The van der Waals surface area contributed by atoms with Crippen LogP contribution in [0.1, 0.15) is 49.2 Å². The first kappa shape index (κ1) is 16.1. The molecule has 0 amide bonds. The van der Waals surface area contributed by atoms with Crippen molar-refractivity contribution in [2.24, 2.45) is 0 Å². The Hall–Kier alpha value is -0.973. The molecule has 105 valence electrons. The van der Waals surface area contributed by atoms with E-state index in [0.29, 0.717) is 0 Å². The lowest BCUT2D eigenvalue weighted by atomic mass is 10.0. The number of hydrogen-bond donors (Lipinski definition) is 0. The lowest BCUT2D eigenvalue weighted by molar-refractivity contribution is 0.0876. The largest absolute Gasteiger partial charge is 0.469 e. The van der Waals surface area contributed by atoms with Crippen molar-refractivity contribution in [1.82, 2.24) is 0 Å². The van der Waals surface area contributed by atoms with Crippen LogP contribution in [0.25, 0.3) is 0 Å². The molecule has 0 N–H and O–H groups in total. The van der Waals surface area contributed by atoms with Crippen molar-refractivity contribution < 1.29 is 13.6 Å². The molecule has 4 heteroatoms. The van der Waals surface area contributed by atoms with Crippen molar-refractivity contribution >= 4 is 14.7 Å². The normalized spacial score (nSPS) is 11.6. The van der Waals surface area contributed by atoms with Gasteiger partial charge in [-0.3, -0.25) is 4.79 Å². The Morgan fingerprint density at radius 3 is 2.05 bits per heavy atom. The van der Waals surface area contributed by atoms with E-state index in [-0.39, 0.29) is 17.6 Å². The van der Waals surface area contributed by atoms with Crippen LogP contribution in [0, 0.1) is 13.8 Å². The number of hydrogen-bond acceptors (Lipinski definition) is 3. The highest BCUT2D eigenvalue weighted by molar-refractivity contribution is 6.83. The third-order valence-electron chi connectivity index (χ3n) is 2.72. The average Bonchev–Trinajstić information content (AvgIpc) is 2.30. The zero-order valence-corrected chi connectivity index (χ0v) is 13.6. The topological polar surface area (TPSA) is 35.5 Å². The van der Waals surface area contributed by atoms with Crippen LogP contribution in [-0.4, -0.2) is 26.9 Å². The number of aryl methyl sites for hydroxylation is 1. The summed E-state index contributed by atoms with van der Waals surface area (Å²) in [5.41, 5.74) is 2.84. The van der Waals surface area contributed by atoms with Crippen molar-refractivity contribution in [2.45, 2.75) is 53.8 Å². The smallest absolute Gasteiger partial charge is 0.386 e. The van der Waals surface area contributed by atoms with Gasteiger partial charge >= 0.3 is 9.28 Å². The van der Waals surface area contributed by atoms with E-state index >= 15 is 0 Å². The molecule has 19 heavy (non-hydrogen) atoms. The molecule has 0 heterocycles. The minimum absolute atomic E-state index is 0.00593. The molecule has 0 unspecified atom stereocenters. The maximum absolute atomic E-state index is 12.6. The monoisotopic (exact) mass is 279 g/mol. The van der Waals surface area contributed by atoms with E-state index in [0.717, 1.165) is 16.7 Å². The van der Waals surface area contributed by atoms with Crippen LogP contribution in [0.3, 0.4) is 0 Å². The summed E-state index contributed by atoms with van der Waals surface area (Å²) in [6.07, 6.45) is -0.0246. The molecule has 1 radical (unpaired) electrons. The zero-order chi connectivity index (χ0) is 14.6. The van der Waals surface area contributed by atoms with Crippen LogP contribution in [-0.2, 0) is 8.85 Å². The van der Waals surface area contributed by atoms with Gasteiger partial charge in [-0.1, -0.05) is 18.2 Å². The van der Waals surface area contributed by atoms with Gasteiger partial charge in [-0.15, -0.1) is 0 Å². The maximum Gasteiger partial charge on any atom is 0.469 e. The molecule has 3 nitrogen and oxygen atoms in total. The minimum Gasteiger partial charge on any atom is -0.386 e. The van der Waals surface area contributed by atoms with Crippen LogP contribution in [0.4, 0.5) is 0 Å². The van der Waals surface area contributed by atoms with E-state index in [2.05, 4.69) is 0 Å². The van der Waals surface area contributed by atoms with Gasteiger partial charge in [0.05, 0.1) is 0 Å². The van der Waals surface area contributed by atoms with Crippen LogP contribution < -0.4 is 0 Å². The summed E-state index contributed by atoms with van der Waals surface area (Å²) in [7, 11) is -1.95. The second-order valence-electron chi connectivity index (χ2n) is 5.20. The first-order valence-electron chi connectivity index (χ1n) is 6.64. The number of carbonyl (C=O) groups excluding carboxylic acids is 1. The van der Waals surface area contributed by atoms with Crippen LogP contribution >= 0.6 is 0 Å². The Morgan fingerprint density at radius 1 is 1.05 bits per heavy atom. The van der Waals surface area contributed by atoms with Crippen LogP contribution in [0.2, 0.25) is 0 Å². The fourth-order valence-electron chi connectivity index (χ4n) is 1.67. The Kier molecular flexibility index (Phi) is 5.91. The first-order chi connectivity index (χ1) is 8.82. The zero-order valence-electron chi connectivity index (χ0n) is 12.6. The molecule has 0 saturated carbocycles. The SMILES string of the molecule is Cc1cccc(C(=O)[Si](OC(C)C)OC(C)C)c1C. The van der Waals surface area contributed by atoms with Gasteiger partial charge in [-0.2, -0.15) is 0 Å². The fourth-order valence-corrected chi connectivity index (χ4v) is 3.29. The highest BCUT2D eigenvalue weighted by atomic mass is 28.3. The molecule has 0 aromatic heterocycles. The van der Waals surface area contributed by atoms with E-state index in [1.54, 1.807) is 0 Å². The molecule has 0 saturated heterocycles. The Bertz CT molecular complexity index is 431. The van der Waals surface area contributed by atoms with E-state index in [9.17, 15) is 4.79 Å². The lowest BCUT2D eigenvalue weighted by Crippen LogP contribution is -2.38. The molecular weight excluding hydrogens is 256 g/mol. The van der Waals surface area contributed by atoms with Gasteiger partial charge in [0.25, 0.3) is 0 Å². The Labute approximate surface area is 117 Å². The molecule has 1 rings (SSSR count). The van der Waals surface area contributed by atoms with Gasteiger partial charge in [-0.05, 0) is 52.7 Å². The summed E-state index contributed by atoms with van der Waals surface area (Å²) in [6, 6.07) is 5.76. The van der Waals surface area contributed by atoms with Gasteiger partial charge in [0.15, 0.2) is 0 Å². The summed E-state index contributed by atoms with van der Waals surface area (Å²) in [4.78, 5) is 12.6. The predicted octanol–water partition coefficient (Wildman–Crippen LogP) is 3.36. The van der Waals surface area contributed by atoms with Gasteiger partial charge in [0.2, 0.25) is 5.41 Å². The third kappa shape index (κ3) is 4.56. The van der Waals surface area contributed by atoms with Crippen molar-refractivity contribution in [3.63, 3.8) is 0 Å². The lowest BCUT2D eigenvalue weighted by Gasteiger charge is -2.20. The van der Waals surface area contributed by atoms with Crippen LogP contribution in [0.15, 0.2) is 18.2 Å². The van der Waals surface area contributed by atoms with Gasteiger partial charge in [0, 0.05) is 17.8 Å². The van der Waals surface area contributed by atoms with E-state index in [1.165, 1.54) is 0 Å². The van der Waals surface area contributed by atoms with E-state index < -0.39 is 9.28 Å². The summed E-state index contributed by atoms with van der Waals surface area (Å²) < 4.78 is 11.4. The van der Waals surface area contributed by atoms with Gasteiger partial charge < -0.3 is 8.85 Å². The molecular formula is C15H23O3Si. The second-order valence-corrected chi connectivity index (χ2v) is 6.70. The van der Waals surface area contributed by atoms with E-state index in [4.69, 9.17) is 8.85 Å². The first-order valence-corrected chi connectivity index (χ1v) is 7.95. The highest BCUT2D eigenvalue weighted by Gasteiger charge is 2.31. The molecule has 0 aliphatic rings. The molecule has 0 aliphatic heterocycles.